The Labute approximate surface area is 326 Å². The van der Waals surface area contributed by atoms with Crippen LogP contribution in [0.25, 0.3) is 0 Å². The first kappa shape index (κ1) is 42.9. The molecule has 5 rings (SSSR count). The van der Waals surface area contributed by atoms with Crippen LogP contribution in [-0.4, -0.2) is 97.8 Å². The van der Waals surface area contributed by atoms with Crippen LogP contribution in [0.15, 0.2) is 59.3 Å². The third kappa shape index (κ3) is 10.2. The van der Waals surface area contributed by atoms with Gasteiger partial charge in [-0.15, -0.1) is 0 Å². The molecule has 308 valence electrons. The largest absolute Gasteiger partial charge is 0.414 e. The number of allylic oxidation sites excluding steroid dienone is 3. The zero-order chi connectivity index (χ0) is 40.6. The van der Waals surface area contributed by atoms with Crippen LogP contribution in [0.1, 0.15) is 71.8 Å². The van der Waals surface area contributed by atoms with Crippen molar-refractivity contribution in [2.24, 2.45) is 17.8 Å². The van der Waals surface area contributed by atoms with Crippen molar-refractivity contribution in [3.05, 3.63) is 70.7 Å². The maximum Gasteiger partial charge on any atom is 0.414 e. The molecule has 11 nitrogen and oxygen atoms in total. The molecule has 4 aliphatic rings. The number of carbonyl (C=O) groups is 4. The third-order valence-electron chi connectivity index (χ3n) is 11.8. The molecule has 7 atom stereocenters. The highest BCUT2D eigenvalue weighted by Crippen LogP contribution is 2.47. The number of fused-ring (bicyclic) bond motifs is 2. The van der Waals surface area contributed by atoms with Gasteiger partial charge in [0, 0.05) is 37.7 Å². The van der Waals surface area contributed by atoms with Gasteiger partial charge in [-0.2, -0.15) is 13.2 Å². The molecule has 0 spiro atoms. The highest BCUT2D eigenvalue weighted by Gasteiger charge is 2.53. The van der Waals surface area contributed by atoms with Gasteiger partial charge in [-0.05, 0) is 54.8 Å². The molecule has 4 amide bonds. The number of morpholine rings is 1. The second-order valence-corrected chi connectivity index (χ2v) is 15.5. The zero-order valence-corrected chi connectivity index (χ0v) is 32.7. The van der Waals surface area contributed by atoms with Crippen molar-refractivity contribution < 1.29 is 41.5 Å². The first-order chi connectivity index (χ1) is 26.7. The van der Waals surface area contributed by atoms with Crippen molar-refractivity contribution in [3.63, 3.8) is 0 Å². The Morgan fingerprint density at radius 1 is 1.00 bits per heavy atom. The summed E-state index contributed by atoms with van der Waals surface area (Å²) in [6, 6.07) is 2.67. The number of nitrogens with one attached hydrogen (secondary N) is 5. The molecule has 0 saturated carbocycles. The molecule has 56 heavy (non-hydrogen) atoms. The van der Waals surface area contributed by atoms with Crippen LogP contribution in [-0.2, 0) is 30.3 Å². The molecular formula is C41H56F4N6O5. The van der Waals surface area contributed by atoms with Crippen molar-refractivity contribution in [3.8, 4) is 0 Å². The molecule has 2 aliphatic carbocycles. The van der Waals surface area contributed by atoms with Crippen molar-refractivity contribution >= 4 is 23.6 Å². The molecule has 0 radical (unpaired) electrons. The van der Waals surface area contributed by atoms with Gasteiger partial charge in [0.05, 0.1) is 31.2 Å². The maximum atomic E-state index is 14.8. The summed E-state index contributed by atoms with van der Waals surface area (Å²) in [6.45, 7) is 11.5. The predicted molar refractivity (Wildman–Crippen MR) is 203 cm³/mol. The number of hydrogen-bond acceptors (Lipinski definition) is 7. The van der Waals surface area contributed by atoms with Crippen LogP contribution >= 0.6 is 0 Å². The minimum Gasteiger partial charge on any atom is -0.381 e. The van der Waals surface area contributed by atoms with E-state index < -0.39 is 70.8 Å². The van der Waals surface area contributed by atoms with Gasteiger partial charge in [-0.25, -0.2) is 4.39 Å². The normalized spacial score (nSPS) is 24.4. The number of carbonyl (C=O) groups excluding carboxylic acids is 4. The van der Waals surface area contributed by atoms with E-state index in [2.05, 4.69) is 31.5 Å². The summed E-state index contributed by atoms with van der Waals surface area (Å²) in [5.74, 6) is -4.25. The van der Waals surface area contributed by atoms with E-state index in [0.29, 0.717) is 50.3 Å². The highest BCUT2D eigenvalue weighted by atomic mass is 19.4. The summed E-state index contributed by atoms with van der Waals surface area (Å²) in [4.78, 5) is 58.3. The second-order valence-electron chi connectivity index (χ2n) is 15.5. The SMILES string of the molecule is CCC(C)[C@H](NC(=O)Cc1ccccc1F)C(=O)N[C@]1(C(=O)N[C@H](C(=O)NCCCN2CCOCC2)C(C)CC)CCC2=C(C1)C1C=CC=C(C(F)(F)F)C1N2. The fourth-order valence-corrected chi connectivity index (χ4v) is 7.98. The lowest BCUT2D eigenvalue weighted by Gasteiger charge is -2.40. The molecule has 2 aliphatic heterocycles. The summed E-state index contributed by atoms with van der Waals surface area (Å²) >= 11 is 0. The Morgan fingerprint density at radius 2 is 1.68 bits per heavy atom. The minimum atomic E-state index is -4.58. The Hall–Kier alpha value is -4.24. The van der Waals surface area contributed by atoms with Crippen molar-refractivity contribution in [1.29, 1.82) is 0 Å². The fourth-order valence-electron chi connectivity index (χ4n) is 7.98. The van der Waals surface area contributed by atoms with Gasteiger partial charge >= 0.3 is 6.18 Å². The topological polar surface area (TPSA) is 141 Å². The van der Waals surface area contributed by atoms with Crippen molar-refractivity contribution in [1.82, 2.24) is 31.5 Å². The van der Waals surface area contributed by atoms with Gasteiger partial charge in [0.25, 0.3) is 0 Å². The Morgan fingerprint density at radius 3 is 2.34 bits per heavy atom. The molecule has 1 saturated heterocycles. The molecule has 4 unspecified atom stereocenters. The van der Waals surface area contributed by atoms with E-state index in [4.69, 9.17) is 4.74 Å². The quantitative estimate of drug-likeness (QED) is 0.125. The van der Waals surface area contributed by atoms with E-state index in [0.717, 1.165) is 25.7 Å². The molecule has 15 heteroatoms. The number of ether oxygens (including phenoxy) is 1. The van der Waals surface area contributed by atoms with Gasteiger partial charge in [-0.1, -0.05) is 77.0 Å². The Balaban J connectivity index is 1.39. The van der Waals surface area contributed by atoms with Crippen molar-refractivity contribution in [2.75, 3.05) is 39.4 Å². The summed E-state index contributed by atoms with van der Waals surface area (Å²) < 4.78 is 62.2. The number of benzene rings is 1. The number of amides is 4. The number of halogens is 4. The molecule has 1 fully saturated rings. The summed E-state index contributed by atoms with van der Waals surface area (Å²) in [5, 5.41) is 14.7. The third-order valence-corrected chi connectivity index (χ3v) is 11.8. The molecule has 1 aromatic rings. The lowest BCUT2D eigenvalue weighted by Crippen LogP contribution is -2.66. The van der Waals surface area contributed by atoms with Crippen LogP contribution in [0.5, 0.6) is 0 Å². The molecule has 5 N–H and O–H groups in total. The first-order valence-electron chi connectivity index (χ1n) is 19.8. The molecular weight excluding hydrogens is 732 g/mol. The summed E-state index contributed by atoms with van der Waals surface area (Å²) in [6.07, 6.45) is 0.964. The molecule has 1 aromatic carbocycles. The van der Waals surface area contributed by atoms with Gasteiger partial charge in [0.1, 0.15) is 23.4 Å². The Bertz CT molecular complexity index is 1690. The molecule has 2 heterocycles. The van der Waals surface area contributed by atoms with Crippen molar-refractivity contribution in [2.45, 2.75) is 102 Å². The van der Waals surface area contributed by atoms with Crippen LogP contribution in [0.4, 0.5) is 17.6 Å². The number of hydrogen-bond donors (Lipinski definition) is 5. The molecule has 0 bridgehead atoms. The lowest BCUT2D eigenvalue weighted by atomic mass is 9.74. The number of rotatable bonds is 16. The van der Waals surface area contributed by atoms with Gasteiger partial charge in [0.15, 0.2) is 0 Å². The van der Waals surface area contributed by atoms with E-state index >= 15 is 0 Å². The smallest absolute Gasteiger partial charge is 0.381 e. The fraction of sp³-hybridized carbons (Fsp3) is 0.610. The maximum absolute atomic E-state index is 14.8. The summed E-state index contributed by atoms with van der Waals surface area (Å²) in [5.41, 5.74) is -1.09. The van der Waals surface area contributed by atoms with E-state index in [-0.39, 0.29) is 43.1 Å². The van der Waals surface area contributed by atoms with Crippen LogP contribution in [0, 0.1) is 23.6 Å². The average Bonchev–Trinajstić information content (AvgIpc) is 3.55. The second kappa shape index (κ2) is 18.8. The lowest BCUT2D eigenvalue weighted by molar-refractivity contribution is -0.139. The van der Waals surface area contributed by atoms with Gasteiger partial charge in [0.2, 0.25) is 23.6 Å². The highest BCUT2D eigenvalue weighted by molar-refractivity contribution is 5.97. The van der Waals surface area contributed by atoms with E-state index in [9.17, 15) is 36.7 Å². The first-order valence-corrected chi connectivity index (χ1v) is 19.8. The monoisotopic (exact) mass is 788 g/mol. The minimum absolute atomic E-state index is 0.0232. The Kier molecular flexibility index (Phi) is 14.4. The zero-order valence-electron chi connectivity index (χ0n) is 32.7. The predicted octanol–water partition coefficient (Wildman–Crippen LogP) is 4.21. The number of nitrogens with zero attached hydrogens (tertiary/aromatic N) is 1. The molecule has 0 aromatic heterocycles. The summed E-state index contributed by atoms with van der Waals surface area (Å²) in [7, 11) is 0. The van der Waals surface area contributed by atoms with Gasteiger partial charge in [-0.3, -0.25) is 24.1 Å². The average molecular weight is 789 g/mol. The van der Waals surface area contributed by atoms with E-state index in [1.807, 2.05) is 20.8 Å². The number of alkyl halides is 3. The standard InChI is InChI=1S/C41H56F4N6O5/c1-5-25(3)34(37(53)46-17-10-18-51-19-21-56-22-20-51)49-39(55)40(16-15-32-29(24-40)28-12-9-13-30(36(28)47-32)41(43,44)45)50-38(54)35(26(4)6-2)48-33(52)23-27-11-7-8-14-31(27)42/h7-9,11-14,25-26,28,34-36,47H,5-6,10,15-24H2,1-4H3,(H,46,53)(H,48,52)(H,49,55)(H,50,54)/t25?,26?,28?,34-,35-,36?,40+/m0/s1. The van der Waals surface area contributed by atoms with Crippen LogP contribution in [0.2, 0.25) is 0 Å². The van der Waals surface area contributed by atoms with E-state index in [1.54, 1.807) is 19.1 Å². The van der Waals surface area contributed by atoms with E-state index in [1.165, 1.54) is 24.3 Å². The van der Waals surface area contributed by atoms with Crippen LogP contribution < -0.4 is 26.6 Å². The van der Waals surface area contributed by atoms with Crippen LogP contribution in [0.3, 0.4) is 0 Å². The van der Waals surface area contributed by atoms with Gasteiger partial charge < -0.3 is 31.3 Å².